The van der Waals surface area contributed by atoms with Crippen molar-refractivity contribution in [1.29, 1.82) is 0 Å². The molecule has 0 saturated carbocycles. The Morgan fingerprint density at radius 1 is 1.37 bits per heavy atom. The van der Waals surface area contributed by atoms with Gasteiger partial charge in [-0.25, -0.2) is 4.79 Å². The van der Waals surface area contributed by atoms with Gasteiger partial charge in [-0.3, -0.25) is 9.59 Å². The van der Waals surface area contributed by atoms with Crippen LogP contribution in [0.5, 0.6) is 0 Å². The topological polar surface area (TPSA) is 104 Å². The van der Waals surface area contributed by atoms with Gasteiger partial charge in [-0.1, -0.05) is 6.92 Å². The molecule has 108 valence electrons. The summed E-state index contributed by atoms with van der Waals surface area (Å²) in [5.74, 6) is -1.45. The molecule has 1 unspecified atom stereocenters. The summed E-state index contributed by atoms with van der Waals surface area (Å²) >= 11 is 0. The zero-order valence-corrected chi connectivity index (χ0v) is 11.4. The van der Waals surface area contributed by atoms with Crippen molar-refractivity contribution >= 4 is 17.9 Å². The summed E-state index contributed by atoms with van der Waals surface area (Å²) in [6, 6.07) is -0.321. The fourth-order valence-electron chi connectivity index (χ4n) is 2.35. The Bertz CT molecular complexity index is 385. The largest absolute Gasteiger partial charge is 0.481 e. The van der Waals surface area contributed by atoms with Gasteiger partial charge in [-0.05, 0) is 19.8 Å². The number of carbonyl (C=O) groups is 3. The molecule has 1 saturated heterocycles. The number of urea groups is 1. The number of aliphatic carboxylic acids is 1. The van der Waals surface area contributed by atoms with Gasteiger partial charge in [0.1, 0.15) is 6.54 Å². The minimum Gasteiger partial charge on any atom is -0.481 e. The molecule has 0 spiro atoms. The lowest BCUT2D eigenvalue weighted by Gasteiger charge is -2.27. The third-order valence-electron chi connectivity index (χ3n) is 3.75. The average Bonchev–Trinajstić information content (AvgIpc) is 2.80. The maximum atomic E-state index is 12.2. The Morgan fingerprint density at radius 2 is 2.00 bits per heavy atom. The summed E-state index contributed by atoms with van der Waals surface area (Å²) in [6.07, 6.45) is 0.923. The monoisotopic (exact) mass is 271 g/mol. The third kappa shape index (κ3) is 3.15. The zero-order chi connectivity index (χ0) is 14.6. The van der Waals surface area contributed by atoms with Crippen LogP contribution in [-0.2, 0) is 9.59 Å². The summed E-state index contributed by atoms with van der Waals surface area (Å²) in [5.41, 5.74) is 4.23. The molecule has 1 rings (SSSR count). The number of hydrogen-bond donors (Lipinski definition) is 2. The zero-order valence-electron chi connectivity index (χ0n) is 11.4. The van der Waals surface area contributed by atoms with Crippen LogP contribution < -0.4 is 5.73 Å². The Balaban J connectivity index is 2.75. The number of nitrogens with zero attached hydrogens (tertiary/aromatic N) is 2. The van der Waals surface area contributed by atoms with Crippen LogP contribution in [0.25, 0.3) is 0 Å². The number of likely N-dealkylation sites (tertiary alicyclic amines) is 1. The van der Waals surface area contributed by atoms with E-state index in [2.05, 4.69) is 0 Å². The SMILES string of the molecule is CCN(CC(N)=O)C(=O)N1CCC(CC)(C(=O)O)C1. The van der Waals surface area contributed by atoms with Gasteiger partial charge in [0.25, 0.3) is 0 Å². The van der Waals surface area contributed by atoms with E-state index < -0.39 is 17.3 Å². The smallest absolute Gasteiger partial charge is 0.320 e. The molecule has 0 aliphatic carbocycles. The van der Waals surface area contributed by atoms with Crippen molar-refractivity contribution in [3.8, 4) is 0 Å². The van der Waals surface area contributed by atoms with Crippen LogP contribution in [-0.4, -0.2) is 59.0 Å². The van der Waals surface area contributed by atoms with Crippen molar-refractivity contribution in [2.75, 3.05) is 26.2 Å². The summed E-state index contributed by atoms with van der Waals surface area (Å²) < 4.78 is 0. The van der Waals surface area contributed by atoms with Crippen LogP contribution in [0.3, 0.4) is 0 Å². The fourth-order valence-corrected chi connectivity index (χ4v) is 2.35. The van der Waals surface area contributed by atoms with Crippen LogP contribution in [0, 0.1) is 5.41 Å². The molecular formula is C12H21N3O4. The lowest BCUT2D eigenvalue weighted by molar-refractivity contribution is -0.148. The number of primary amides is 1. The van der Waals surface area contributed by atoms with Gasteiger partial charge in [0.05, 0.1) is 5.41 Å². The third-order valence-corrected chi connectivity index (χ3v) is 3.75. The molecule has 0 radical (unpaired) electrons. The first-order valence-electron chi connectivity index (χ1n) is 6.42. The standard InChI is InChI=1S/C12H21N3O4/c1-3-12(10(17)18)5-6-15(8-12)11(19)14(4-2)7-9(13)16/h3-8H2,1-2H3,(H2,13,16)(H,17,18). The summed E-state index contributed by atoms with van der Waals surface area (Å²) in [7, 11) is 0. The number of rotatable bonds is 5. The molecule has 7 nitrogen and oxygen atoms in total. The van der Waals surface area contributed by atoms with Gasteiger partial charge in [-0.15, -0.1) is 0 Å². The first kappa shape index (κ1) is 15.3. The quantitative estimate of drug-likeness (QED) is 0.740. The number of carbonyl (C=O) groups excluding carboxylic acids is 2. The number of likely N-dealkylation sites (N-methyl/N-ethyl adjacent to an activating group) is 1. The molecule has 3 amide bonds. The van der Waals surface area contributed by atoms with E-state index in [1.54, 1.807) is 6.92 Å². The maximum Gasteiger partial charge on any atom is 0.320 e. The predicted octanol–water partition coefficient (Wildman–Crippen LogP) is 0.100. The van der Waals surface area contributed by atoms with Gasteiger partial charge < -0.3 is 20.6 Å². The van der Waals surface area contributed by atoms with E-state index in [4.69, 9.17) is 5.73 Å². The van der Waals surface area contributed by atoms with Gasteiger partial charge in [0, 0.05) is 19.6 Å². The van der Waals surface area contributed by atoms with Crippen molar-refractivity contribution in [2.24, 2.45) is 11.1 Å². The summed E-state index contributed by atoms with van der Waals surface area (Å²) in [5, 5.41) is 9.28. The molecule has 1 heterocycles. The lowest BCUT2D eigenvalue weighted by atomic mass is 9.84. The highest BCUT2D eigenvalue weighted by atomic mass is 16.4. The molecule has 19 heavy (non-hydrogen) atoms. The number of carboxylic acid groups (broad SMARTS) is 1. The Hall–Kier alpha value is -1.79. The fraction of sp³-hybridized carbons (Fsp3) is 0.750. The molecule has 0 aromatic heterocycles. The van der Waals surface area contributed by atoms with E-state index in [1.165, 1.54) is 9.80 Å². The number of carboxylic acids is 1. The van der Waals surface area contributed by atoms with Crippen LogP contribution in [0.2, 0.25) is 0 Å². The summed E-state index contributed by atoms with van der Waals surface area (Å²) in [6.45, 7) is 4.37. The molecule has 1 atom stereocenters. The predicted molar refractivity (Wildman–Crippen MR) is 68.4 cm³/mol. The van der Waals surface area contributed by atoms with E-state index in [1.807, 2.05) is 6.92 Å². The molecule has 1 aliphatic rings. The lowest BCUT2D eigenvalue weighted by Crippen LogP contribution is -2.46. The highest BCUT2D eigenvalue weighted by Gasteiger charge is 2.45. The first-order valence-corrected chi connectivity index (χ1v) is 6.42. The van der Waals surface area contributed by atoms with Crippen LogP contribution in [0.4, 0.5) is 4.79 Å². The first-order chi connectivity index (χ1) is 8.86. The van der Waals surface area contributed by atoms with Crippen molar-refractivity contribution in [1.82, 2.24) is 9.80 Å². The van der Waals surface area contributed by atoms with E-state index in [0.717, 1.165) is 0 Å². The second-order valence-electron chi connectivity index (χ2n) is 4.87. The van der Waals surface area contributed by atoms with E-state index in [0.29, 0.717) is 25.9 Å². The second-order valence-corrected chi connectivity index (χ2v) is 4.87. The van der Waals surface area contributed by atoms with Crippen molar-refractivity contribution in [3.05, 3.63) is 0 Å². The van der Waals surface area contributed by atoms with E-state index in [9.17, 15) is 19.5 Å². The molecule has 7 heteroatoms. The maximum absolute atomic E-state index is 12.2. The van der Waals surface area contributed by atoms with Gasteiger partial charge in [0.15, 0.2) is 0 Å². The normalized spacial score (nSPS) is 22.3. The highest BCUT2D eigenvalue weighted by Crippen LogP contribution is 2.34. The molecule has 0 aromatic carbocycles. The van der Waals surface area contributed by atoms with Gasteiger partial charge >= 0.3 is 12.0 Å². The average molecular weight is 271 g/mol. The Morgan fingerprint density at radius 3 is 2.37 bits per heavy atom. The van der Waals surface area contributed by atoms with Crippen molar-refractivity contribution < 1.29 is 19.5 Å². The van der Waals surface area contributed by atoms with Crippen molar-refractivity contribution in [2.45, 2.75) is 26.7 Å². The second kappa shape index (κ2) is 5.90. The number of nitrogens with two attached hydrogens (primary N) is 1. The molecular weight excluding hydrogens is 250 g/mol. The van der Waals surface area contributed by atoms with Gasteiger partial charge in [0.2, 0.25) is 5.91 Å². The van der Waals surface area contributed by atoms with Crippen LogP contribution >= 0.6 is 0 Å². The van der Waals surface area contributed by atoms with E-state index in [-0.39, 0.29) is 19.1 Å². The number of hydrogen-bond acceptors (Lipinski definition) is 3. The Labute approximate surface area is 112 Å². The molecule has 3 N–H and O–H groups in total. The minimum atomic E-state index is -0.872. The molecule has 0 aromatic rings. The van der Waals surface area contributed by atoms with Gasteiger partial charge in [-0.2, -0.15) is 0 Å². The van der Waals surface area contributed by atoms with E-state index >= 15 is 0 Å². The van der Waals surface area contributed by atoms with Crippen LogP contribution in [0.1, 0.15) is 26.7 Å². The van der Waals surface area contributed by atoms with Crippen molar-refractivity contribution in [3.63, 3.8) is 0 Å². The number of amides is 3. The molecule has 1 aliphatic heterocycles. The molecule has 0 bridgehead atoms. The molecule has 1 fully saturated rings. The summed E-state index contributed by atoms with van der Waals surface area (Å²) in [4.78, 5) is 37.2. The Kier molecular flexibility index (Phi) is 4.74. The van der Waals surface area contributed by atoms with Crippen LogP contribution in [0.15, 0.2) is 0 Å². The highest BCUT2D eigenvalue weighted by molar-refractivity contribution is 5.84. The minimum absolute atomic E-state index is 0.141.